The van der Waals surface area contributed by atoms with E-state index >= 15 is 0 Å². The summed E-state index contributed by atoms with van der Waals surface area (Å²) in [5.41, 5.74) is 1.25. The molecule has 1 aromatic carbocycles. The summed E-state index contributed by atoms with van der Waals surface area (Å²) in [6, 6.07) is 5.39. The molecule has 0 bridgehead atoms. The molecular formula is C8H7BrClNO. The van der Waals surface area contributed by atoms with Crippen molar-refractivity contribution in [2.45, 2.75) is 6.92 Å². The Morgan fingerprint density at radius 3 is 2.75 bits per heavy atom. The molecule has 64 valence electrons. The Morgan fingerprint density at radius 1 is 1.58 bits per heavy atom. The standard InChI is InChI=1S/C8H7BrClNO/c1-5(11-12)7-3-2-6(9)4-8(7)10/h2-4,12H,1H3/b11-5-. The first kappa shape index (κ1) is 9.55. The lowest BCUT2D eigenvalue weighted by molar-refractivity contribution is 0.319. The van der Waals surface area contributed by atoms with Crippen LogP contribution in [0.5, 0.6) is 0 Å². The maximum atomic E-state index is 8.50. The van der Waals surface area contributed by atoms with Crippen LogP contribution in [0.25, 0.3) is 0 Å². The molecule has 1 rings (SSSR count). The van der Waals surface area contributed by atoms with Crippen LogP contribution in [0.15, 0.2) is 27.8 Å². The number of oxime groups is 1. The van der Waals surface area contributed by atoms with E-state index in [1.807, 2.05) is 6.07 Å². The van der Waals surface area contributed by atoms with Gasteiger partial charge in [-0.25, -0.2) is 0 Å². The van der Waals surface area contributed by atoms with Crippen molar-refractivity contribution in [3.8, 4) is 0 Å². The summed E-state index contributed by atoms with van der Waals surface area (Å²) in [5.74, 6) is 0. The minimum absolute atomic E-state index is 0.507. The Labute approximate surface area is 84.0 Å². The Kier molecular flexibility index (Phi) is 3.12. The Bertz CT molecular complexity index is 325. The summed E-state index contributed by atoms with van der Waals surface area (Å²) >= 11 is 9.16. The number of hydrogen-bond donors (Lipinski definition) is 1. The molecule has 0 aliphatic rings. The van der Waals surface area contributed by atoms with Crippen molar-refractivity contribution in [1.82, 2.24) is 0 Å². The minimum Gasteiger partial charge on any atom is -0.411 e. The van der Waals surface area contributed by atoms with Crippen LogP contribution in [-0.4, -0.2) is 10.9 Å². The molecule has 12 heavy (non-hydrogen) atoms. The molecule has 0 radical (unpaired) electrons. The smallest absolute Gasteiger partial charge is 0.0851 e. The number of rotatable bonds is 1. The number of benzene rings is 1. The van der Waals surface area contributed by atoms with Gasteiger partial charge in [-0.1, -0.05) is 38.8 Å². The first-order valence-electron chi connectivity index (χ1n) is 3.29. The zero-order valence-corrected chi connectivity index (χ0v) is 8.72. The van der Waals surface area contributed by atoms with Crippen LogP contribution in [0.3, 0.4) is 0 Å². The van der Waals surface area contributed by atoms with Gasteiger partial charge in [0.1, 0.15) is 0 Å². The van der Waals surface area contributed by atoms with Crippen LogP contribution in [0, 0.1) is 0 Å². The maximum Gasteiger partial charge on any atom is 0.0851 e. The van der Waals surface area contributed by atoms with Gasteiger partial charge in [0.15, 0.2) is 0 Å². The third-order valence-electron chi connectivity index (χ3n) is 1.47. The molecule has 0 spiro atoms. The Morgan fingerprint density at radius 2 is 2.25 bits per heavy atom. The van der Waals surface area contributed by atoms with E-state index in [0.29, 0.717) is 10.7 Å². The fraction of sp³-hybridized carbons (Fsp3) is 0.125. The first-order valence-corrected chi connectivity index (χ1v) is 4.46. The van der Waals surface area contributed by atoms with Gasteiger partial charge in [0.2, 0.25) is 0 Å². The molecular weight excluding hydrogens is 241 g/mol. The lowest BCUT2D eigenvalue weighted by Gasteiger charge is -2.01. The normalized spacial score (nSPS) is 11.8. The third kappa shape index (κ3) is 1.99. The van der Waals surface area contributed by atoms with Crippen molar-refractivity contribution in [3.63, 3.8) is 0 Å². The van der Waals surface area contributed by atoms with Crippen molar-refractivity contribution >= 4 is 33.2 Å². The first-order chi connectivity index (χ1) is 5.65. The largest absolute Gasteiger partial charge is 0.411 e. The zero-order valence-electron chi connectivity index (χ0n) is 6.38. The molecule has 0 aromatic heterocycles. The van der Waals surface area contributed by atoms with Crippen LogP contribution < -0.4 is 0 Å². The van der Waals surface area contributed by atoms with Gasteiger partial charge in [0.25, 0.3) is 0 Å². The number of halogens is 2. The summed E-state index contributed by atoms with van der Waals surface area (Å²) in [6.07, 6.45) is 0. The summed E-state index contributed by atoms with van der Waals surface area (Å²) in [4.78, 5) is 0. The lowest BCUT2D eigenvalue weighted by Crippen LogP contribution is -1.94. The number of nitrogens with zero attached hydrogens (tertiary/aromatic N) is 1. The molecule has 0 unspecified atom stereocenters. The van der Waals surface area contributed by atoms with Crippen molar-refractivity contribution in [2.75, 3.05) is 0 Å². The molecule has 0 aliphatic heterocycles. The zero-order chi connectivity index (χ0) is 9.14. The van der Waals surface area contributed by atoms with Crippen LogP contribution >= 0.6 is 27.5 Å². The minimum atomic E-state index is 0.507. The van der Waals surface area contributed by atoms with Gasteiger partial charge >= 0.3 is 0 Å². The second-order valence-corrected chi connectivity index (χ2v) is 3.63. The van der Waals surface area contributed by atoms with E-state index in [1.54, 1.807) is 19.1 Å². The van der Waals surface area contributed by atoms with Gasteiger partial charge in [0, 0.05) is 10.0 Å². The molecule has 4 heteroatoms. The van der Waals surface area contributed by atoms with Gasteiger partial charge in [-0.3, -0.25) is 0 Å². The highest BCUT2D eigenvalue weighted by Gasteiger charge is 2.03. The van der Waals surface area contributed by atoms with Crippen molar-refractivity contribution < 1.29 is 5.21 Å². The van der Waals surface area contributed by atoms with E-state index < -0.39 is 0 Å². The average molecular weight is 249 g/mol. The van der Waals surface area contributed by atoms with E-state index in [1.165, 1.54) is 0 Å². The fourth-order valence-electron chi connectivity index (χ4n) is 0.837. The molecule has 1 aromatic rings. The predicted molar refractivity (Wildman–Crippen MR) is 53.1 cm³/mol. The molecule has 0 saturated carbocycles. The second kappa shape index (κ2) is 3.92. The summed E-state index contributed by atoms with van der Waals surface area (Å²) in [5, 5.41) is 12.1. The highest BCUT2D eigenvalue weighted by Crippen LogP contribution is 2.21. The van der Waals surface area contributed by atoms with E-state index in [-0.39, 0.29) is 0 Å². The Hall–Kier alpha value is -0.540. The molecule has 0 fully saturated rings. The van der Waals surface area contributed by atoms with Gasteiger partial charge in [-0.2, -0.15) is 0 Å². The topological polar surface area (TPSA) is 32.6 Å². The predicted octanol–water partition coefficient (Wildman–Crippen LogP) is 3.30. The van der Waals surface area contributed by atoms with Crippen LogP contribution in [0.4, 0.5) is 0 Å². The molecule has 0 atom stereocenters. The van der Waals surface area contributed by atoms with E-state index in [9.17, 15) is 0 Å². The van der Waals surface area contributed by atoms with Gasteiger partial charge in [-0.05, 0) is 19.1 Å². The van der Waals surface area contributed by atoms with Gasteiger partial charge in [-0.15, -0.1) is 0 Å². The highest BCUT2D eigenvalue weighted by molar-refractivity contribution is 9.10. The van der Waals surface area contributed by atoms with Crippen molar-refractivity contribution in [2.24, 2.45) is 5.16 Å². The van der Waals surface area contributed by atoms with Crippen LogP contribution in [0.1, 0.15) is 12.5 Å². The van der Waals surface area contributed by atoms with E-state index in [2.05, 4.69) is 21.1 Å². The SMILES string of the molecule is C/C(=N/O)c1ccc(Br)cc1Cl. The molecule has 1 N–H and O–H groups in total. The summed E-state index contributed by atoms with van der Waals surface area (Å²) in [6.45, 7) is 1.69. The molecule has 0 saturated heterocycles. The molecule has 0 amide bonds. The van der Waals surface area contributed by atoms with Crippen LogP contribution in [0.2, 0.25) is 5.02 Å². The second-order valence-electron chi connectivity index (χ2n) is 2.31. The lowest BCUT2D eigenvalue weighted by atomic mass is 10.1. The highest BCUT2D eigenvalue weighted by atomic mass is 79.9. The monoisotopic (exact) mass is 247 g/mol. The quantitative estimate of drug-likeness (QED) is 0.462. The Balaban J connectivity index is 3.18. The van der Waals surface area contributed by atoms with E-state index in [4.69, 9.17) is 16.8 Å². The summed E-state index contributed by atoms with van der Waals surface area (Å²) in [7, 11) is 0. The molecule has 0 heterocycles. The van der Waals surface area contributed by atoms with E-state index in [0.717, 1.165) is 10.0 Å². The summed E-state index contributed by atoms with van der Waals surface area (Å²) < 4.78 is 0.905. The molecule has 0 aliphatic carbocycles. The van der Waals surface area contributed by atoms with Gasteiger partial charge in [0.05, 0.1) is 10.7 Å². The average Bonchev–Trinajstić information content (AvgIpc) is 2.03. The fourth-order valence-corrected chi connectivity index (χ4v) is 1.65. The van der Waals surface area contributed by atoms with Gasteiger partial charge < -0.3 is 5.21 Å². The maximum absolute atomic E-state index is 8.50. The van der Waals surface area contributed by atoms with Crippen molar-refractivity contribution in [3.05, 3.63) is 33.3 Å². The third-order valence-corrected chi connectivity index (χ3v) is 2.28. The molecule has 2 nitrogen and oxygen atoms in total. The van der Waals surface area contributed by atoms with Crippen molar-refractivity contribution in [1.29, 1.82) is 0 Å². The number of hydrogen-bond acceptors (Lipinski definition) is 2. The van der Waals surface area contributed by atoms with Crippen LogP contribution in [-0.2, 0) is 0 Å².